The smallest absolute Gasteiger partial charge is 0.272 e. The van der Waals surface area contributed by atoms with Gasteiger partial charge < -0.3 is 15.1 Å². The number of hydrogen-bond donors (Lipinski definition) is 1. The van der Waals surface area contributed by atoms with Crippen LogP contribution >= 0.6 is 0 Å². The molecular formula is C22H26N4O4. The Morgan fingerprint density at radius 1 is 1.13 bits per heavy atom. The number of nitrogens with one attached hydrogen (secondary N) is 1. The molecular weight excluding hydrogens is 384 g/mol. The fourth-order valence-corrected chi connectivity index (χ4v) is 3.90. The van der Waals surface area contributed by atoms with Crippen molar-refractivity contribution < 1.29 is 14.5 Å². The van der Waals surface area contributed by atoms with Crippen LogP contribution in [0.3, 0.4) is 0 Å². The molecule has 1 aliphatic heterocycles. The summed E-state index contributed by atoms with van der Waals surface area (Å²) < 4.78 is 0. The predicted molar refractivity (Wildman–Crippen MR) is 116 cm³/mol. The first-order chi connectivity index (χ1) is 14.2. The van der Waals surface area contributed by atoms with Gasteiger partial charge in [-0.1, -0.05) is 0 Å². The van der Waals surface area contributed by atoms with Gasteiger partial charge in [0.15, 0.2) is 0 Å². The summed E-state index contributed by atoms with van der Waals surface area (Å²) in [5.74, 6) is -0.513. The molecule has 1 heterocycles. The van der Waals surface area contributed by atoms with Crippen molar-refractivity contribution in [3.8, 4) is 0 Å². The number of aryl methyl sites for hydroxylation is 2. The SMILES string of the molecule is Cc1cc(NC(=O)C2CCCN2C(=O)c2ccc([N+](=O)[O-])c(C)c2)ccc1N(C)C. The van der Waals surface area contributed by atoms with Crippen LogP contribution in [-0.4, -0.2) is 48.3 Å². The Balaban J connectivity index is 1.76. The van der Waals surface area contributed by atoms with E-state index < -0.39 is 11.0 Å². The number of nitro groups is 1. The van der Waals surface area contributed by atoms with E-state index >= 15 is 0 Å². The van der Waals surface area contributed by atoms with Gasteiger partial charge in [0.1, 0.15) is 6.04 Å². The maximum Gasteiger partial charge on any atom is 0.272 e. The summed E-state index contributed by atoms with van der Waals surface area (Å²) in [6, 6.07) is 9.43. The van der Waals surface area contributed by atoms with Crippen LogP contribution in [0.5, 0.6) is 0 Å². The zero-order valence-electron chi connectivity index (χ0n) is 17.6. The third-order valence-corrected chi connectivity index (χ3v) is 5.40. The van der Waals surface area contributed by atoms with Crippen molar-refractivity contribution in [3.05, 3.63) is 63.2 Å². The molecule has 1 atom stereocenters. The van der Waals surface area contributed by atoms with E-state index in [0.717, 1.165) is 17.7 Å². The highest BCUT2D eigenvalue weighted by atomic mass is 16.6. The van der Waals surface area contributed by atoms with Gasteiger partial charge in [0, 0.05) is 49.2 Å². The standard InChI is InChI=1S/C22H26N4O4/c1-14-12-16(7-9-19(14)26(29)30)22(28)25-11-5-6-20(25)21(27)23-17-8-10-18(24(3)4)15(2)13-17/h7-10,12-13,20H,5-6,11H2,1-4H3,(H,23,27). The molecule has 2 aromatic carbocycles. The van der Waals surface area contributed by atoms with Crippen LogP contribution in [0.15, 0.2) is 36.4 Å². The lowest BCUT2D eigenvalue weighted by Gasteiger charge is -2.24. The molecule has 1 fully saturated rings. The molecule has 158 valence electrons. The van der Waals surface area contributed by atoms with E-state index in [2.05, 4.69) is 5.32 Å². The maximum absolute atomic E-state index is 13.0. The predicted octanol–water partition coefficient (Wildman–Crippen LogP) is 3.52. The molecule has 8 nitrogen and oxygen atoms in total. The normalized spacial score (nSPS) is 15.7. The number of anilines is 2. The van der Waals surface area contributed by atoms with Gasteiger partial charge in [-0.25, -0.2) is 0 Å². The monoisotopic (exact) mass is 410 g/mol. The summed E-state index contributed by atoms with van der Waals surface area (Å²) >= 11 is 0. The lowest BCUT2D eigenvalue weighted by atomic mass is 10.1. The van der Waals surface area contributed by atoms with Gasteiger partial charge in [0.25, 0.3) is 11.6 Å². The molecule has 1 saturated heterocycles. The number of carbonyl (C=O) groups is 2. The van der Waals surface area contributed by atoms with Crippen LogP contribution in [0.1, 0.15) is 34.3 Å². The summed E-state index contributed by atoms with van der Waals surface area (Å²) in [7, 11) is 3.92. The average Bonchev–Trinajstić information content (AvgIpc) is 3.16. The average molecular weight is 410 g/mol. The number of amides is 2. The second-order valence-electron chi connectivity index (χ2n) is 7.80. The fraction of sp³-hybridized carbons (Fsp3) is 0.364. The van der Waals surface area contributed by atoms with Crippen LogP contribution in [0.4, 0.5) is 17.1 Å². The number of nitro benzene ring substituents is 1. The molecule has 0 saturated carbocycles. The quantitative estimate of drug-likeness (QED) is 0.601. The van der Waals surface area contributed by atoms with E-state index in [4.69, 9.17) is 0 Å². The van der Waals surface area contributed by atoms with Crippen molar-refractivity contribution in [2.24, 2.45) is 0 Å². The van der Waals surface area contributed by atoms with Crippen LogP contribution < -0.4 is 10.2 Å². The van der Waals surface area contributed by atoms with E-state index in [1.54, 1.807) is 11.8 Å². The molecule has 0 aliphatic carbocycles. The van der Waals surface area contributed by atoms with Gasteiger partial charge in [-0.2, -0.15) is 0 Å². The van der Waals surface area contributed by atoms with Crippen LogP contribution in [-0.2, 0) is 4.79 Å². The first-order valence-electron chi connectivity index (χ1n) is 9.84. The number of hydrogen-bond acceptors (Lipinski definition) is 5. The number of carbonyl (C=O) groups excluding carboxylic acids is 2. The van der Waals surface area contributed by atoms with Crippen LogP contribution in [0.25, 0.3) is 0 Å². The molecule has 2 aromatic rings. The Morgan fingerprint density at radius 2 is 1.87 bits per heavy atom. The number of nitrogens with zero attached hydrogens (tertiary/aromatic N) is 3. The molecule has 3 rings (SSSR count). The van der Waals surface area contributed by atoms with Crippen molar-refractivity contribution in [1.29, 1.82) is 0 Å². The molecule has 0 radical (unpaired) electrons. The van der Waals surface area contributed by atoms with E-state index in [9.17, 15) is 19.7 Å². The molecule has 1 N–H and O–H groups in total. The number of likely N-dealkylation sites (tertiary alicyclic amines) is 1. The van der Waals surface area contributed by atoms with Crippen molar-refractivity contribution in [2.45, 2.75) is 32.7 Å². The lowest BCUT2D eigenvalue weighted by molar-refractivity contribution is -0.385. The molecule has 30 heavy (non-hydrogen) atoms. The summed E-state index contributed by atoms with van der Waals surface area (Å²) in [4.78, 5) is 40.0. The van der Waals surface area contributed by atoms with Gasteiger partial charge >= 0.3 is 0 Å². The van der Waals surface area contributed by atoms with Gasteiger partial charge in [-0.05, 0) is 62.6 Å². The molecule has 0 bridgehead atoms. The number of rotatable bonds is 5. The molecule has 2 amide bonds. The topological polar surface area (TPSA) is 95.8 Å². The Bertz CT molecular complexity index is 1000. The van der Waals surface area contributed by atoms with Crippen molar-refractivity contribution in [2.75, 3.05) is 30.9 Å². The van der Waals surface area contributed by atoms with Crippen molar-refractivity contribution >= 4 is 28.9 Å². The first kappa shape index (κ1) is 21.3. The zero-order chi connectivity index (χ0) is 22.0. The lowest BCUT2D eigenvalue weighted by Crippen LogP contribution is -2.43. The summed E-state index contributed by atoms with van der Waals surface area (Å²) in [6.45, 7) is 4.06. The molecule has 1 aliphatic rings. The third-order valence-electron chi connectivity index (χ3n) is 5.40. The highest BCUT2D eigenvalue weighted by molar-refractivity contribution is 6.01. The van der Waals surface area contributed by atoms with Gasteiger partial charge in [-0.15, -0.1) is 0 Å². The Hall–Kier alpha value is -3.42. The Morgan fingerprint density at radius 3 is 2.47 bits per heavy atom. The largest absolute Gasteiger partial charge is 0.377 e. The molecule has 0 aromatic heterocycles. The van der Waals surface area contributed by atoms with Crippen LogP contribution in [0, 0.1) is 24.0 Å². The Kier molecular flexibility index (Phi) is 6.05. The second kappa shape index (κ2) is 8.52. The van der Waals surface area contributed by atoms with E-state index in [1.807, 2.05) is 44.1 Å². The highest BCUT2D eigenvalue weighted by Gasteiger charge is 2.35. The molecule has 1 unspecified atom stereocenters. The maximum atomic E-state index is 13.0. The Labute approximate surface area is 175 Å². The summed E-state index contributed by atoms with van der Waals surface area (Å²) in [6.07, 6.45) is 1.31. The third kappa shape index (κ3) is 4.27. The minimum Gasteiger partial charge on any atom is -0.377 e. The van der Waals surface area contributed by atoms with Gasteiger partial charge in [0.05, 0.1) is 4.92 Å². The first-order valence-corrected chi connectivity index (χ1v) is 9.84. The summed E-state index contributed by atoms with van der Waals surface area (Å²) in [5.41, 5.74) is 3.54. The minimum atomic E-state index is -0.568. The molecule has 8 heteroatoms. The summed E-state index contributed by atoms with van der Waals surface area (Å²) in [5, 5.41) is 13.9. The highest BCUT2D eigenvalue weighted by Crippen LogP contribution is 2.26. The van der Waals surface area contributed by atoms with Crippen LogP contribution in [0.2, 0.25) is 0 Å². The van der Waals surface area contributed by atoms with E-state index in [-0.39, 0.29) is 17.5 Å². The van der Waals surface area contributed by atoms with E-state index in [1.165, 1.54) is 18.2 Å². The van der Waals surface area contributed by atoms with Gasteiger partial charge in [0.2, 0.25) is 5.91 Å². The van der Waals surface area contributed by atoms with Crippen molar-refractivity contribution in [3.63, 3.8) is 0 Å². The molecule has 0 spiro atoms. The second-order valence-corrected chi connectivity index (χ2v) is 7.80. The van der Waals surface area contributed by atoms with Gasteiger partial charge in [-0.3, -0.25) is 19.7 Å². The van der Waals surface area contributed by atoms with E-state index in [0.29, 0.717) is 29.8 Å². The zero-order valence-corrected chi connectivity index (χ0v) is 17.6. The minimum absolute atomic E-state index is 0.0289. The fourth-order valence-electron chi connectivity index (χ4n) is 3.90. The van der Waals surface area contributed by atoms with Crippen molar-refractivity contribution in [1.82, 2.24) is 4.90 Å². The number of benzene rings is 2.